The van der Waals surface area contributed by atoms with Crippen LogP contribution in [0.4, 0.5) is 5.82 Å². The number of hydrazine groups is 1. The third kappa shape index (κ3) is 3.85. The molecule has 0 unspecified atom stereocenters. The largest absolute Gasteiger partial charge is 0.352 e. The molecule has 5 nitrogen and oxygen atoms in total. The maximum atomic E-state index is 11.9. The number of amides is 1. The number of nitrogen functional groups attached to an aromatic ring is 1. The molecule has 0 bridgehead atoms. The van der Waals surface area contributed by atoms with Crippen molar-refractivity contribution in [2.45, 2.75) is 26.7 Å². The van der Waals surface area contributed by atoms with Gasteiger partial charge in [-0.2, -0.15) is 0 Å². The number of carbonyl (C=O) groups excluding carboxylic acids is 1. The van der Waals surface area contributed by atoms with Gasteiger partial charge in [0.25, 0.3) is 5.91 Å². The first kappa shape index (κ1) is 14.7. The van der Waals surface area contributed by atoms with E-state index in [4.69, 9.17) is 17.4 Å². The molecule has 0 aliphatic carbocycles. The molecule has 0 atom stereocenters. The zero-order valence-electron chi connectivity index (χ0n) is 10.7. The monoisotopic (exact) mass is 270 g/mol. The Bertz CT molecular complexity index is 407. The summed E-state index contributed by atoms with van der Waals surface area (Å²) in [5.41, 5.74) is 2.79. The van der Waals surface area contributed by atoms with Crippen LogP contribution in [-0.2, 0) is 0 Å². The number of hydrogen-bond acceptors (Lipinski definition) is 4. The lowest BCUT2D eigenvalue weighted by Crippen LogP contribution is -2.29. The smallest absolute Gasteiger partial charge is 0.252 e. The Morgan fingerprint density at radius 1 is 1.50 bits per heavy atom. The van der Waals surface area contributed by atoms with Gasteiger partial charge in [0.15, 0.2) is 5.82 Å². The number of nitrogens with two attached hydrogens (primary N) is 1. The Labute approximate surface area is 112 Å². The maximum Gasteiger partial charge on any atom is 0.252 e. The number of anilines is 1. The van der Waals surface area contributed by atoms with Crippen molar-refractivity contribution < 1.29 is 4.79 Å². The van der Waals surface area contributed by atoms with Crippen molar-refractivity contribution in [3.63, 3.8) is 0 Å². The number of nitrogens with zero attached hydrogens (tertiary/aromatic N) is 1. The van der Waals surface area contributed by atoms with E-state index in [2.05, 4.69) is 29.6 Å². The van der Waals surface area contributed by atoms with E-state index in [1.54, 1.807) is 6.07 Å². The second-order valence-electron chi connectivity index (χ2n) is 4.09. The normalized spacial score (nSPS) is 10.5. The summed E-state index contributed by atoms with van der Waals surface area (Å²) in [6, 6.07) is 1.55. The van der Waals surface area contributed by atoms with E-state index in [1.165, 1.54) is 6.20 Å². The third-order valence-corrected chi connectivity index (χ3v) is 3.23. The van der Waals surface area contributed by atoms with E-state index in [1.807, 2.05) is 0 Å². The molecule has 0 spiro atoms. The van der Waals surface area contributed by atoms with Crippen molar-refractivity contribution >= 4 is 23.3 Å². The van der Waals surface area contributed by atoms with Gasteiger partial charge in [-0.3, -0.25) is 4.79 Å². The molecule has 6 heteroatoms. The highest BCUT2D eigenvalue weighted by Crippen LogP contribution is 2.18. The first-order chi connectivity index (χ1) is 8.62. The molecule has 0 radical (unpaired) electrons. The van der Waals surface area contributed by atoms with Crippen LogP contribution in [0.1, 0.15) is 37.0 Å². The standard InChI is InChI=1S/C12H19ClN4O/c1-3-8(4-2)6-16-12(18)9-5-10(13)11(17-14)15-7-9/h5,7-8H,3-4,6,14H2,1-2H3,(H,15,17)(H,16,18). The van der Waals surface area contributed by atoms with Crippen molar-refractivity contribution in [2.75, 3.05) is 12.0 Å². The molecule has 0 saturated carbocycles. The minimum Gasteiger partial charge on any atom is -0.352 e. The molecule has 0 aliphatic heterocycles. The molecule has 0 fully saturated rings. The van der Waals surface area contributed by atoms with Crippen molar-refractivity contribution in [1.29, 1.82) is 0 Å². The van der Waals surface area contributed by atoms with Gasteiger partial charge in [-0.25, -0.2) is 10.8 Å². The Morgan fingerprint density at radius 3 is 2.67 bits per heavy atom. The zero-order chi connectivity index (χ0) is 13.5. The lowest BCUT2D eigenvalue weighted by molar-refractivity contribution is 0.0946. The van der Waals surface area contributed by atoms with Crippen LogP contribution in [0.15, 0.2) is 12.3 Å². The molecular formula is C12H19ClN4O. The molecule has 1 amide bonds. The Morgan fingerprint density at radius 2 is 2.17 bits per heavy atom. The van der Waals surface area contributed by atoms with Gasteiger partial charge in [-0.1, -0.05) is 38.3 Å². The molecular weight excluding hydrogens is 252 g/mol. The van der Waals surface area contributed by atoms with Crippen molar-refractivity contribution in [3.05, 3.63) is 22.8 Å². The Balaban J connectivity index is 2.64. The average Bonchev–Trinajstić information content (AvgIpc) is 2.39. The number of aromatic nitrogens is 1. The molecule has 4 N–H and O–H groups in total. The molecule has 0 aliphatic rings. The average molecular weight is 271 g/mol. The summed E-state index contributed by atoms with van der Waals surface area (Å²) < 4.78 is 0. The lowest BCUT2D eigenvalue weighted by Gasteiger charge is -2.13. The van der Waals surface area contributed by atoms with Gasteiger partial charge in [-0.15, -0.1) is 0 Å². The van der Waals surface area contributed by atoms with Gasteiger partial charge in [0, 0.05) is 12.7 Å². The van der Waals surface area contributed by atoms with Gasteiger partial charge in [-0.05, 0) is 12.0 Å². The molecule has 100 valence electrons. The number of pyridine rings is 1. The first-order valence-electron chi connectivity index (χ1n) is 6.02. The van der Waals surface area contributed by atoms with Gasteiger partial charge < -0.3 is 10.7 Å². The van der Waals surface area contributed by atoms with Crippen molar-refractivity contribution in [2.24, 2.45) is 11.8 Å². The summed E-state index contributed by atoms with van der Waals surface area (Å²) in [7, 11) is 0. The molecule has 18 heavy (non-hydrogen) atoms. The number of nitrogens with one attached hydrogen (secondary N) is 2. The van der Waals surface area contributed by atoms with Crippen LogP contribution in [0.25, 0.3) is 0 Å². The minimum absolute atomic E-state index is 0.167. The number of halogens is 1. The zero-order valence-corrected chi connectivity index (χ0v) is 11.4. The molecule has 1 rings (SSSR count). The second kappa shape index (κ2) is 7.18. The van der Waals surface area contributed by atoms with Gasteiger partial charge in [0.2, 0.25) is 0 Å². The predicted molar refractivity (Wildman–Crippen MR) is 73.5 cm³/mol. The summed E-state index contributed by atoms with van der Waals surface area (Å²) in [6.45, 7) is 4.89. The quantitative estimate of drug-likeness (QED) is 0.547. The molecule has 1 aromatic rings. The van der Waals surface area contributed by atoms with E-state index in [-0.39, 0.29) is 5.91 Å². The minimum atomic E-state index is -0.167. The van der Waals surface area contributed by atoms with Crippen molar-refractivity contribution in [3.8, 4) is 0 Å². The summed E-state index contributed by atoms with van der Waals surface area (Å²) in [6.07, 6.45) is 3.54. The fraction of sp³-hybridized carbons (Fsp3) is 0.500. The highest BCUT2D eigenvalue weighted by molar-refractivity contribution is 6.33. The number of rotatable bonds is 6. The van der Waals surface area contributed by atoms with Crippen LogP contribution in [0.5, 0.6) is 0 Å². The number of hydrogen-bond donors (Lipinski definition) is 3. The molecule has 1 aromatic heterocycles. The molecule has 1 heterocycles. The van der Waals surface area contributed by atoms with Crippen LogP contribution < -0.4 is 16.6 Å². The summed E-state index contributed by atoms with van der Waals surface area (Å²) in [5, 5.41) is 3.20. The lowest BCUT2D eigenvalue weighted by atomic mass is 10.0. The number of carbonyl (C=O) groups is 1. The summed E-state index contributed by atoms with van der Waals surface area (Å²) in [5.74, 6) is 5.90. The van der Waals surface area contributed by atoms with Crippen LogP contribution >= 0.6 is 11.6 Å². The fourth-order valence-electron chi connectivity index (χ4n) is 1.58. The van der Waals surface area contributed by atoms with E-state index in [0.717, 1.165) is 12.8 Å². The van der Waals surface area contributed by atoms with Gasteiger partial charge in [0.05, 0.1) is 10.6 Å². The highest BCUT2D eigenvalue weighted by atomic mass is 35.5. The van der Waals surface area contributed by atoms with E-state index < -0.39 is 0 Å². The Kier molecular flexibility index (Phi) is 5.88. The summed E-state index contributed by atoms with van der Waals surface area (Å²) >= 11 is 5.91. The van der Waals surface area contributed by atoms with Crippen molar-refractivity contribution in [1.82, 2.24) is 10.3 Å². The Hall–Kier alpha value is -1.33. The van der Waals surface area contributed by atoms with Crippen LogP contribution in [0.2, 0.25) is 5.02 Å². The molecule has 0 aromatic carbocycles. The van der Waals surface area contributed by atoms with Gasteiger partial charge in [0.1, 0.15) is 0 Å². The SMILES string of the molecule is CCC(CC)CNC(=O)c1cnc(NN)c(Cl)c1. The van der Waals surface area contributed by atoms with E-state index >= 15 is 0 Å². The fourth-order valence-corrected chi connectivity index (χ4v) is 1.81. The van der Waals surface area contributed by atoms with Crippen LogP contribution in [0.3, 0.4) is 0 Å². The maximum absolute atomic E-state index is 11.9. The third-order valence-electron chi connectivity index (χ3n) is 2.95. The highest BCUT2D eigenvalue weighted by Gasteiger charge is 2.11. The van der Waals surface area contributed by atoms with E-state index in [9.17, 15) is 4.79 Å². The predicted octanol–water partition coefficient (Wildman–Crippen LogP) is 2.19. The first-order valence-corrected chi connectivity index (χ1v) is 6.40. The van der Waals surface area contributed by atoms with Crippen LogP contribution in [-0.4, -0.2) is 17.4 Å². The van der Waals surface area contributed by atoms with Gasteiger partial charge >= 0.3 is 0 Å². The molecule has 0 saturated heterocycles. The van der Waals surface area contributed by atoms with Crippen LogP contribution in [0, 0.1) is 5.92 Å². The topological polar surface area (TPSA) is 80.0 Å². The second-order valence-corrected chi connectivity index (χ2v) is 4.50. The van der Waals surface area contributed by atoms with E-state index in [0.29, 0.717) is 28.9 Å². The summed E-state index contributed by atoms with van der Waals surface area (Å²) in [4.78, 5) is 15.8.